The molecule has 0 unspecified atom stereocenters. The summed E-state index contributed by atoms with van der Waals surface area (Å²) in [5.74, 6) is -2.88. The van der Waals surface area contributed by atoms with E-state index in [0.29, 0.717) is 11.3 Å². The molecular weight excluding hydrogens is 316 g/mol. The van der Waals surface area contributed by atoms with Crippen molar-refractivity contribution >= 4 is 24.0 Å². The van der Waals surface area contributed by atoms with E-state index in [0.717, 1.165) is 0 Å². The maximum Gasteiger partial charge on any atom is 0.348 e. The summed E-state index contributed by atoms with van der Waals surface area (Å²) in [5, 5.41) is 0. The van der Waals surface area contributed by atoms with Gasteiger partial charge in [-0.25, -0.2) is 14.4 Å². The third kappa shape index (κ3) is 4.58. The van der Waals surface area contributed by atoms with Crippen LogP contribution in [0.15, 0.2) is 29.8 Å². The smallest absolute Gasteiger partial charge is 0.348 e. The van der Waals surface area contributed by atoms with E-state index in [-0.39, 0.29) is 18.8 Å². The minimum absolute atomic E-state index is 0.211. The Morgan fingerprint density at radius 1 is 1.21 bits per heavy atom. The highest BCUT2D eigenvalue weighted by atomic mass is 16.7. The molecule has 0 bridgehead atoms. The normalized spacial score (nSPS) is 16.0. The van der Waals surface area contributed by atoms with Crippen LogP contribution in [0.1, 0.15) is 26.3 Å². The Kier molecular flexibility index (Phi) is 5.23. The number of cyclic esters (lactones) is 2. The van der Waals surface area contributed by atoms with Crippen molar-refractivity contribution in [3.05, 3.63) is 35.4 Å². The van der Waals surface area contributed by atoms with Gasteiger partial charge in [0.05, 0.1) is 6.61 Å². The Hall–Kier alpha value is -2.83. The van der Waals surface area contributed by atoms with E-state index in [1.165, 1.54) is 19.9 Å². The van der Waals surface area contributed by atoms with Gasteiger partial charge in [-0.05, 0) is 30.7 Å². The Bertz CT molecular complexity index is 666. The molecule has 0 N–H and O–H groups in total. The van der Waals surface area contributed by atoms with Crippen LogP contribution in [0.3, 0.4) is 0 Å². The first kappa shape index (κ1) is 17.5. The summed E-state index contributed by atoms with van der Waals surface area (Å²) >= 11 is 0. The van der Waals surface area contributed by atoms with Gasteiger partial charge in [0.15, 0.2) is 6.61 Å². The second-order valence-electron chi connectivity index (χ2n) is 5.40. The Labute approximate surface area is 139 Å². The highest BCUT2D eigenvalue weighted by Gasteiger charge is 2.38. The van der Waals surface area contributed by atoms with Gasteiger partial charge in [0.1, 0.15) is 11.3 Å². The molecule has 0 saturated carbocycles. The van der Waals surface area contributed by atoms with Crippen LogP contribution in [0.25, 0.3) is 6.08 Å². The first-order valence-corrected chi connectivity index (χ1v) is 7.37. The number of benzene rings is 1. The molecule has 0 aliphatic carbocycles. The maximum absolute atomic E-state index is 11.9. The number of carbonyl (C=O) groups is 3. The molecule has 7 nitrogen and oxygen atoms in total. The number of esters is 3. The van der Waals surface area contributed by atoms with Gasteiger partial charge in [0, 0.05) is 13.8 Å². The lowest BCUT2D eigenvalue weighted by Crippen LogP contribution is -2.41. The van der Waals surface area contributed by atoms with E-state index in [1.54, 1.807) is 31.2 Å². The zero-order valence-electron chi connectivity index (χ0n) is 13.7. The summed E-state index contributed by atoms with van der Waals surface area (Å²) in [5.41, 5.74) is 0.317. The summed E-state index contributed by atoms with van der Waals surface area (Å²) in [7, 11) is 0. The molecule has 128 valence electrons. The molecule has 2 rings (SSSR count). The number of carbonyl (C=O) groups excluding carboxylic acids is 3. The summed E-state index contributed by atoms with van der Waals surface area (Å²) in [6, 6.07) is 6.55. The second-order valence-corrected chi connectivity index (χ2v) is 5.40. The molecule has 1 aromatic carbocycles. The van der Waals surface area contributed by atoms with Gasteiger partial charge in [-0.3, -0.25) is 0 Å². The van der Waals surface area contributed by atoms with E-state index in [1.807, 2.05) is 0 Å². The summed E-state index contributed by atoms with van der Waals surface area (Å²) in [6.45, 7) is 4.70. The molecule has 1 aliphatic rings. The SMILES string of the molecule is CCOC(=O)COc1cccc(C=C2C(=O)OC(C)(C)OC2=O)c1. The van der Waals surface area contributed by atoms with E-state index in [9.17, 15) is 14.4 Å². The van der Waals surface area contributed by atoms with Crippen molar-refractivity contribution in [2.45, 2.75) is 26.6 Å². The lowest BCUT2D eigenvalue weighted by molar-refractivity contribution is -0.222. The van der Waals surface area contributed by atoms with Crippen LogP contribution in [0.2, 0.25) is 0 Å². The maximum atomic E-state index is 11.9. The van der Waals surface area contributed by atoms with E-state index in [4.69, 9.17) is 18.9 Å². The van der Waals surface area contributed by atoms with Gasteiger partial charge in [0.2, 0.25) is 0 Å². The van der Waals surface area contributed by atoms with Crippen LogP contribution in [0.4, 0.5) is 0 Å². The van der Waals surface area contributed by atoms with Crippen LogP contribution in [-0.2, 0) is 28.6 Å². The Morgan fingerprint density at radius 2 is 1.88 bits per heavy atom. The number of ether oxygens (including phenoxy) is 4. The quantitative estimate of drug-likeness (QED) is 0.461. The van der Waals surface area contributed by atoms with Gasteiger partial charge in [-0.2, -0.15) is 0 Å². The standard InChI is InChI=1S/C17H18O7/c1-4-21-14(18)10-22-12-7-5-6-11(8-12)9-13-15(19)23-17(2,3)24-16(13)20/h5-9H,4,10H2,1-3H3. The second kappa shape index (κ2) is 7.16. The van der Waals surface area contributed by atoms with Crippen molar-refractivity contribution in [3.8, 4) is 5.75 Å². The van der Waals surface area contributed by atoms with Crippen LogP contribution < -0.4 is 4.74 Å². The summed E-state index contributed by atoms with van der Waals surface area (Å²) in [4.78, 5) is 35.1. The van der Waals surface area contributed by atoms with Gasteiger partial charge >= 0.3 is 17.9 Å². The monoisotopic (exact) mass is 334 g/mol. The molecular formula is C17H18O7. The predicted octanol–water partition coefficient (Wildman–Crippen LogP) is 1.85. The van der Waals surface area contributed by atoms with Gasteiger partial charge in [-0.1, -0.05) is 12.1 Å². The van der Waals surface area contributed by atoms with Crippen molar-refractivity contribution in [2.75, 3.05) is 13.2 Å². The number of hydrogen-bond acceptors (Lipinski definition) is 7. The van der Waals surface area contributed by atoms with Gasteiger partial charge < -0.3 is 18.9 Å². The van der Waals surface area contributed by atoms with Crippen molar-refractivity contribution in [1.82, 2.24) is 0 Å². The average molecular weight is 334 g/mol. The molecule has 0 spiro atoms. The fraction of sp³-hybridized carbons (Fsp3) is 0.353. The van der Waals surface area contributed by atoms with Crippen molar-refractivity contribution in [2.24, 2.45) is 0 Å². The van der Waals surface area contributed by atoms with Crippen molar-refractivity contribution in [1.29, 1.82) is 0 Å². The minimum atomic E-state index is -1.28. The average Bonchev–Trinajstić information content (AvgIpc) is 2.49. The fourth-order valence-electron chi connectivity index (χ4n) is 1.98. The molecule has 1 aliphatic heterocycles. The molecule has 1 saturated heterocycles. The third-order valence-electron chi connectivity index (χ3n) is 2.95. The first-order valence-electron chi connectivity index (χ1n) is 7.37. The molecule has 7 heteroatoms. The van der Waals surface area contributed by atoms with Crippen molar-refractivity contribution < 1.29 is 33.3 Å². The third-order valence-corrected chi connectivity index (χ3v) is 2.95. The Balaban J connectivity index is 2.12. The summed E-state index contributed by atoms with van der Waals surface area (Å²) < 4.78 is 20.1. The minimum Gasteiger partial charge on any atom is -0.482 e. The zero-order valence-corrected chi connectivity index (χ0v) is 13.7. The molecule has 24 heavy (non-hydrogen) atoms. The van der Waals surface area contributed by atoms with Crippen LogP contribution in [-0.4, -0.2) is 36.9 Å². The van der Waals surface area contributed by atoms with E-state index < -0.39 is 23.7 Å². The van der Waals surface area contributed by atoms with E-state index in [2.05, 4.69) is 0 Å². The number of hydrogen-bond donors (Lipinski definition) is 0. The summed E-state index contributed by atoms with van der Waals surface area (Å²) in [6.07, 6.45) is 1.34. The van der Waals surface area contributed by atoms with Gasteiger partial charge in [-0.15, -0.1) is 0 Å². The fourth-order valence-corrected chi connectivity index (χ4v) is 1.98. The van der Waals surface area contributed by atoms with Crippen LogP contribution in [0.5, 0.6) is 5.75 Å². The molecule has 0 amide bonds. The first-order chi connectivity index (χ1) is 11.3. The number of rotatable bonds is 5. The van der Waals surface area contributed by atoms with Gasteiger partial charge in [0.25, 0.3) is 5.79 Å². The largest absolute Gasteiger partial charge is 0.482 e. The topological polar surface area (TPSA) is 88.1 Å². The molecule has 0 radical (unpaired) electrons. The molecule has 1 heterocycles. The molecule has 1 fully saturated rings. The van der Waals surface area contributed by atoms with Crippen LogP contribution >= 0.6 is 0 Å². The lowest BCUT2D eigenvalue weighted by atomic mass is 10.1. The molecule has 0 aromatic heterocycles. The highest BCUT2D eigenvalue weighted by Crippen LogP contribution is 2.25. The molecule has 1 aromatic rings. The highest BCUT2D eigenvalue weighted by molar-refractivity contribution is 6.18. The lowest BCUT2D eigenvalue weighted by Gasteiger charge is -2.29. The molecule has 0 atom stereocenters. The Morgan fingerprint density at radius 3 is 2.50 bits per heavy atom. The zero-order chi connectivity index (χ0) is 17.7. The van der Waals surface area contributed by atoms with Crippen molar-refractivity contribution in [3.63, 3.8) is 0 Å². The van der Waals surface area contributed by atoms with E-state index >= 15 is 0 Å². The predicted molar refractivity (Wildman–Crippen MR) is 82.8 cm³/mol. The van der Waals surface area contributed by atoms with Crippen LogP contribution in [0, 0.1) is 0 Å².